The Morgan fingerprint density at radius 1 is 1.09 bits per heavy atom. The van der Waals surface area contributed by atoms with E-state index in [0.717, 1.165) is 48.8 Å². The first-order valence-electron chi connectivity index (χ1n) is 12.9. The minimum Gasteiger partial charge on any atom is -0.352 e. The van der Waals surface area contributed by atoms with Gasteiger partial charge in [-0.1, -0.05) is 43.9 Å². The predicted molar refractivity (Wildman–Crippen MR) is 130 cm³/mol. The van der Waals surface area contributed by atoms with E-state index in [9.17, 15) is 9.59 Å². The Morgan fingerprint density at radius 3 is 2.70 bits per heavy atom. The average Bonchev–Trinajstić information content (AvgIpc) is 3.17. The molecular formula is C27H36N4O2. The minimum absolute atomic E-state index is 0.00390. The summed E-state index contributed by atoms with van der Waals surface area (Å²) in [6.45, 7) is 5.64. The fraction of sp³-hybridized carbons (Fsp3) is 0.593. The Balaban J connectivity index is 1.34. The highest BCUT2D eigenvalue weighted by atomic mass is 16.2. The van der Waals surface area contributed by atoms with E-state index >= 15 is 0 Å². The van der Waals surface area contributed by atoms with Crippen LogP contribution in [-0.2, 0) is 6.54 Å². The standard InChI is InChI=1S/C27H36N4O2/c1-19-10-7-8-16-30(19)17-9-15-28-26(32)24-21-13-5-6-14-23(21)29-25-22(24)18-31(27(25)33)20-11-3-2-4-12-20/h5-6,13-14,19-20H,2-4,7-12,15-18H2,1H3,(H,28,32)/t19-/m0/s1. The summed E-state index contributed by atoms with van der Waals surface area (Å²) in [4.78, 5) is 36.0. The summed E-state index contributed by atoms with van der Waals surface area (Å²) in [6.07, 6.45) is 10.5. The fourth-order valence-corrected chi connectivity index (χ4v) is 5.97. The molecule has 33 heavy (non-hydrogen) atoms. The number of nitrogens with one attached hydrogen (secondary N) is 1. The Morgan fingerprint density at radius 2 is 1.88 bits per heavy atom. The number of carbonyl (C=O) groups is 2. The van der Waals surface area contributed by atoms with Crippen molar-refractivity contribution in [3.05, 3.63) is 41.1 Å². The number of hydrogen-bond donors (Lipinski definition) is 1. The monoisotopic (exact) mass is 448 g/mol. The predicted octanol–water partition coefficient (Wildman–Crippen LogP) is 4.52. The van der Waals surface area contributed by atoms with Gasteiger partial charge in [-0.25, -0.2) is 4.98 Å². The molecule has 0 spiro atoms. The first-order valence-corrected chi connectivity index (χ1v) is 12.9. The normalized spacial score (nSPS) is 22.0. The van der Waals surface area contributed by atoms with Crippen molar-refractivity contribution in [1.29, 1.82) is 0 Å². The van der Waals surface area contributed by atoms with Gasteiger partial charge in [0.15, 0.2) is 0 Å². The maximum atomic E-state index is 13.4. The number of carbonyl (C=O) groups excluding carboxylic acids is 2. The largest absolute Gasteiger partial charge is 0.352 e. The van der Waals surface area contributed by atoms with E-state index in [0.29, 0.717) is 30.4 Å². The van der Waals surface area contributed by atoms with E-state index in [-0.39, 0.29) is 17.9 Å². The number of benzene rings is 1. The lowest BCUT2D eigenvalue weighted by atomic mass is 9.94. The number of pyridine rings is 1. The minimum atomic E-state index is -0.0742. The maximum absolute atomic E-state index is 13.4. The number of aromatic nitrogens is 1. The lowest BCUT2D eigenvalue weighted by molar-refractivity contribution is 0.0655. The van der Waals surface area contributed by atoms with E-state index in [1.807, 2.05) is 29.2 Å². The lowest BCUT2D eigenvalue weighted by Crippen LogP contribution is -2.39. The molecule has 1 aliphatic carbocycles. The number of fused-ring (bicyclic) bond motifs is 2. The van der Waals surface area contributed by atoms with Gasteiger partial charge in [0.05, 0.1) is 11.1 Å². The van der Waals surface area contributed by atoms with Gasteiger partial charge in [0.1, 0.15) is 5.69 Å². The maximum Gasteiger partial charge on any atom is 0.273 e. The third-order valence-electron chi connectivity index (χ3n) is 7.88. The van der Waals surface area contributed by atoms with Gasteiger partial charge in [-0.05, 0) is 51.6 Å². The topological polar surface area (TPSA) is 65.5 Å². The van der Waals surface area contributed by atoms with Crippen molar-refractivity contribution in [1.82, 2.24) is 20.1 Å². The van der Waals surface area contributed by atoms with Crippen LogP contribution in [0.5, 0.6) is 0 Å². The van der Waals surface area contributed by atoms with Crippen LogP contribution in [0.4, 0.5) is 0 Å². The van der Waals surface area contributed by atoms with Crippen molar-refractivity contribution < 1.29 is 9.59 Å². The second-order valence-corrected chi connectivity index (χ2v) is 10.0. The molecule has 3 aliphatic rings. The molecule has 2 aromatic rings. The highest BCUT2D eigenvalue weighted by Crippen LogP contribution is 2.34. The van der Waals surface area contributed by atoms with Crippen molar-refractivity contribution in [3.63, 3.8) is 0 Å². The SMILES string of the molecule is C[C@H]1CCCCN1CCCNC(=O)c1c2c(nc3ccccc13)C(=O)N(C1CCCCC1)C2. The summed E-state index contributed by atoms with van der Waals surface area (Å²) in [7, 11) is 0. The van der Waals surface area contributed by atoms with Crippen molar-refractivity contribution in [2.24, 2.45) is 0 Å². The summed E-state index contributed by atoms with van der Waals surface area (Å²) < 4.78 is 0. The van der Waals surface area contributed by atoms with E-state index in [1.54, 1.807) is 0 Å². The average molecular weight is 449 g/mol. The van der Waals surface area contributed by atoms with Crippen LogP contribution < -0.4 is 5.32 Å². The molecular weight excluding hydrogens is 412 g/mol. The van der Waals surface area contributed by atoms with Crippen LogP contribution in [0, 0.1) is 0 Å². The second-order valence-electron chi connectivity index (χ2n) is 10.0. The van der Waals surface area contributed by atoms with Crippen LogP contribution in [-0.4, -0.2) is 58.3 Å². The summed E-state index contributed by atoms with van der Waals surface area (Å²) in [5.41, 5.74) is 2.66. The molecule has 1 N–H and O–H groups in total. The third kappa shape index (κ3) is 4.50. The highest BCUT2D eigenvalue weighted by molar-refractivity contribution is 6.11. The number of para-hydroxylation sites is 1. The zero-order valence-electron chi connectivity index (χ0n) is 19.8. The van der Waals surface area contributed by atoms with Crippen LogP contribution in [0.15, 0.2) is 24.3 Å². The molecule has 2 fully saturated rings. The molecule has 2 aliphatic heterocycles. The Labute approximate surface area is 196 Å². The summed E-state index contributed by atoms with van der Waals surface area (Å²) in [6, 6.07) is 8.63. The quantitative estimate of drug-likeness (QED) is 0.660. The van der Waals surface area contributed by atoms with Gasteiger partial charge in [0.2, 0.25) is 0 Å². The molecule has 1 saturated carbocycles. The molecule has 1 saturated heterocycles. The van der Waals surface area contributed by atoms with Crippen LogP contribution in [0.2, 0.25) is 0 Å². The number of piperidine rings is 1. The van der Waals surface area contributed by atoms with Gasteiger partial charge in [0.25, 0.3) is 11.8 Å². The molecule has 0 bridgehead atoms. The van der Waals surface area contributed by atoms with Crippen molar-refractivity contribution >= 4 is 22.7 Å². The summed E-state index contributed by atoms with van der Waals surface area (Å²) in [5.74, 6) is -0.0781. The molecule has 0 radical (unpaired) electrons. The fourth-order valence-electron chi connectivity index (χ4n) is 5.97. The van der Waals surface area contributed by atoms with Gasteiger partial charge < -0.3 is 15.1 Å². The second kappa shape index (κ2) is 9.80. The van der Waals surface area contributed by atoms with Crippen molar-refractivity contribution in [2.75, 3.05) is 19.6 Å². The smallest absolute Gasteiger partial charge is 0.273 e. The number of likely N-dealkylation sites (tertiary alicyclic amines) is 1. The number of amides is 2. The molecule has 3 heterocycles. The van der Waals surface area contributed by atoms with Gasteiger partial charge in [-0.2, -0.15) is 0 Å². The number of rotatable bonds is 6. The summed E-state index contributed by atoms with van der Waals surface area (Å²) in [5, 5.41) is 4.01. The van der Waals surface area contributed by atoms with E-state index in [2.05, 4.69) is 17.1 Å². The Bertz CT molecular complexity index is 1030. The lowest BCUT2D eigenvalue weighted by Gasteiger charge is -2.33. The molecule has 1 aromatic carbocycles. The van der Waals surface area contributed by atoms with Crippen LogP contribution >= 0.6 is 0 Å². The highest BCUT2D eigenvalue weighted by Gasteiger charge is 2.38. The van der Waals surface area contributed by atoms with Crippen LogP contribution in [0.1, 0.15) is 91.1 Å². The Kier molecular flexibility index (Phi) is 6.63. The van der Waals surface area contributed by atoms with Crippen molar-refractivity contribution in [3.8, 4) is 0 Å². The molecule has 2 amide bonds. The summed E-state index contributed by atoms with van der Waals surface area (Å²) >= 11 is 0. The van der Waals surface area contributed by atoms with Gasteiger partial charge in [-0.15, -0.1) is 0 Å². The van der Waals surface area contributed by atoms with Gasteiger partial charge >= 0.3 is 0 Å². The molecule has 6 heteroatoms. The molecule has 0 unspecified atom stereocenters. The van der Waals surface area contributed by atoms with Gasteiger partial charge in [-0.3, -0.25) is 9.59 Å². The first kappa shape index (κ1) is 22.3. The molecule has 5 rings (SSSR count). The molecule has 176 valence electrons. The number of nitrogens with zero attached hydrogens (tertiary/aromatic N) is 3. The zero-order chi connectivity index (χ0) is 22.8. The molecule has 6 nitrogen and oxygen atoms in total. The van der Waals surface area contributed by atoms with E-state index < -0.39 is 0 Å². The first-order chi connectivity index (χ1) is 16.1. The van der Waals surface area contributed by atoms with Crippen LogP contribution in [0.3, 0.4) is 0 Å². The third-order valence-corrected chi connectivity index (χ3v) is 7.88. The Hall–Kier alpha value is -2.47. The van der Waals surface area contributed by atoms with Gasteiger partial charge in [0, 0.05) is 42.7 Å². The van der Waals surface area contributed by atoms with Crippen molar-refractivity contribution in [2.45, 2.75) is 83.3 Å². The van der Waals surface area contributed by atoms with Crippen LogP contribution in [0.25, 0.3) is 10.9 Å². The molecule has 1 atom stereocenters. The van der Waals surface area contributed by atoms with E-state index in [1.165, 1.54) is 38.5 Å². The number of hydrogen-bond acceptors (Lipinski definition) is 4. The zero-order valence-corrected chi connectivity index (χ0v) is 19.8. The van der Waals surface area contributed by atoms with E-state index in [4.69, 9.17) is 4.98 Å². The molecule has 1 aromatic heterocycles.